The van der Waals surface area contributed by atoms with Gasteiger partial charge in [-0.15, -0.1) is 12.4 Å². The summed E-state index contributed by atoms with van der Waals surface area (Å²) in [5.41, 5.74) is 7.87. The Bertz CT molecular complexity index is 587. The van der Waals surface area contributed by atoms with Gasteiger partial charge in [-0.2, -0.15) is 4.31 Å². The monoisotopic (exact) mass is 332 g/mol. The van der Waals surface area contributed by atoms with Gasteiger partial charge >= 0.3 is 0 Å². The number of nitrogens with zero attached hydrogens (tertiary/aromatic N) is 1. The normalized spacial score (nSPS) is 21.6. The number of hydrogen-bond acceptors (Lipinski definition) is 3. The zero-order valence-electron chi connectivity index (χ0n) is 12.9. The molecule has 1 aromatic carbocycles. The van der Waals surface area contributed by atoms with Crippen LogP contribution in [0.4, 0.5) is 0 Å². The first-order valence-electron chi connectivity index (χ1n) is 7.18. The van der Waals surface area contributed by atoms with Gasteiger partial charge in [0.05, 0.1) is 4.90 Å². The molecule has 2 rings (SSSR count). The highest BCUT2D eigenvalue weighted by atomic mass is 35.5. The van der Waals surface area contributed by atoms with E-state index in [9.17, 15) is 8.42 Å². The van der Waals surface area contributed by atoms with Crippen LogP contribution < -0.4 is 5.73 Å². The predicted molar refractivity (Wildman–Crippen MR) is 88.3 cm³/mol. The minimum Gasteiger partial charge on any atom is -0.326 e. The van der Waals surface area contributed by atoms with Gasteiger partial charge in [-0.3, -0.25) is 0 Å². The van der Waals surface area contributed by atoms with Gasteiger partial charge in [-0.25, -0.2) is 8.42 Å². The first-order chi connectivity index (χ1) is 9.34. The van der Waals surface area contributed by atoms with E-state index in [1.165, 1.54) is 0 Å². The van der Waals surface area contributed by atoms with Gasteiger partial charge in [0, 0.05) is 18.6 Å². The minimum atomic E-state index is -3.45. The van der Waals surface area contributed by atoms with Crippen LogP contribution in [-0.2, 0) is 10.0 Å². The lowest BCUT2D eigenvalue weighted by Gasteiger charge is -2.37. The molecule has 1 fully saturated rings. The lowest BCUT2D eigenvalue weighted by Crippen LogP contribution is -2.51. The highest BCUT2D eigenvalue weighted by molar-refractivity contribution is 7.89. The van der Waals surface area contributed by atoms with Gasteiger partial charge in [-0.1, -0.05) is 24.1 Å². The van der Waals surface area contributed by atoms with E-state index in [1.807, 2.05) is 32.9 Å². The smallest absolute Gasteiger partial charge is 0.243 e. The Hall–Kier alpha value is -0.620. The first-order valence-corrected chi connectivity index (χ1v) is 8.62. The molecule has 1 aliphatic rings. The topological polar surface area (TPSA) is 63.4 Å². The largest absolute Gasteiger partial charge is 0.326 e. The van der Waals surface area contributed by atoms with Crippen LogP contribution in [0.25, 0.3) is 0 Å². The van der Waals surface area contributed by atoms with Crippen LogP contribution in [-0.4, -0.2) is 31.4 Å². The summed E-state index contributed by atoms with van der Waals surface area (Å²) >= 11 is 0. The molecule has 21 heavy (non-hydrogen) atoms. The lowest BCUT2D eigenvalue weighted by atomic mass is 10.00. The molecule has 0 saturated carbocycles. The fourth-order valence-corrected chi connectivity index (χ4v) is 4.95. The van der Waals surface area contributed by atoms with Crippen molar-refractivity contribution in [2.75, 3.05) is 6.54 Å². The average Bonchev–Trinajstić information content (AvgIpc) is 2.38. The van der Waals surface area contributed by atoms with Gasteiger partial charge < -0.3 is 5.73 Å². The number of hydrogen-bond donors (Lipinski definition) is 1. The molecule has 120 valence electrons. The molecule has 0 amide bonds. The van der Waals surface area contributed by atoms with Crippen molar-refractivity contribution in [3.05, 3.63) is 29.3 Å². The number of nitrogens with two attached hydrogens (primary N) is 1. The molecule has 2 N–H and O–H groups in total. The maximum Gasteiger partial charge on any atom is 0.243 e. The second-order valence-corrected chi connectivity index (χ2v) is 7.67. The maximum absolute atomic E-state index is 12.9. The van der Waals surface area contributed by atoms with Crippen molar-refractivity contribution < 1.29 is 8.42 Å². The Morgan fingerprint density at radius 3 is 2.52 bits per heavy atom. The molecule has 0 radical (unpaired) electrons. The van der Waals surface area contributed by atoms with Crippen molar-refractivity contribution in [3.8, 4) is 0 Å². The predicted octanol–water partition coefficient (Wildman–Crippen LogP) is 2.62. The van der Waals surface area contributed by atoms with E-state index in [1.54, 1.807) is 10.4 Å². The Morgan fingerprint density at radius 1 is 1.29 bits per heavy atom. The van der Waals surface area contributed by atoms with E-state index in [0.717, 1.165) is 30.4 Å². The highest BCUT2D eigenvalue weighted by Crippen LogP contribution is 2.28. The van der Waals surface area contributed by atoms with E-state index in [2.05, 4.69) is 0 Å². The van der Waals surface area contributed by atoms with E-state index in [0.29, 0.717) is 11.4 Å². The quantitative estimate of drug-likeness (QED) is 0.925. The summed E-state index contributed by atoms with van der Waals surface area (Å²) in [5.74, 6) is 0. The summed E-state index contributed by atoms with van der Waals surface area (Å²) < 4.78 is 27.4. The van der Waals surface area contributed by atoms with Crippen molar-refractivity contribution >= 4 is 22.4 Å². The van der Waals surface area contributed by atoms with Gasteiger partial charge in [0.1, 0.15) is 0 Å². The van der Waals surface area contributed by atoms with Gasteiger partial charge in [0.25, 0.3) is 0 Å². The molecule has 2 unspecified atom stereocenters. The van der Waals surface area contributed by atoms with E-state index in [4.69, 9.17) is 5.73 Å². The number of halogens is 1. The summed E-state index contributed by atoms with van der Waals surface area (Å²) in [5, 5.41) is 0. The van der Waals surface area contributed by atoms with E-state index in [-0.39, 0.29) is 24.5 Å². The van der Waals surface area contributed by atoms with Gasteiger partial charge in [0.2, 0.25) is 10.0 Å². The Balaban J connectivity index is 0.00000220. The van der Waals surface area contributed by atoms with Crippen LogP contribution in [0, 0.1) is 13.8 Å². The summed E-state index contributed by atoms with van der Waals surface area (Å²) in [6.45, 7) is 6.28. The molecule has 0 aliphatic carbocycles. The molecule has 0 aromatic heterocycles. The third-order valence-electron chi connectivity index (χ3n) is 4.02. The Kier molecular flexibility index (Phi) is 6.23. The SMILES string of the molecule is Cc1ccc(S(=O)(=O)N2CCCCC2C(C)N)c(C)c1.Cl. The summed E-state index contributed by atoms with van der Waals surface area (Å²) in [7, 11) is -3.45. The minimum absolute atomic E-state index is 0. The lowest BCUT2D eigenvalue weighted by molar-refractivity contribution is 0.227. The van der Waals surface area contributed by atoms with Crippen molar-refractivity contribution in [1.29, 1.82) is 0 Å². The average molecular weight is 333 g/mol. The fraction of sp³-hybridized carbons (Fsp3) is 0.600. The molecule has 0 spiro atoms. The third-order valence-corrected chi connectivity index (χ3v) is 6.11. The molecule has 1 aliphatic heterocycles. The molecule has 4 nitrogen and oxygen atoms in total. The fourth-order valence-electron chi connectivity index (χ4n) is 2.97. The molecule has 1 aromatic rings. The second-order valence-electron chi connectivity index (χ2n) is 5.81. The van der Waals surface area contributed by atoms with Crippen molar-refractivity contribution in [2.24, 2.45) is 5.73 Å². The third kappa shape index (κ3) is 3.77. The standard InChI is InChI=1S/C15H24N2O2S.ClH/c1-11-7-8-15(12(2)10-11)20(18,19)17-9-5-4-6-14(17)13(3)16;/h7-8,10,13-14H,4-6,9,16H2,1-3H3;1H. The molecule has 1 heterocycles. The van der Waals surface area contributed by atoms with Crippen LogP contribution in [0.1, 0.15) is 37.3 Å². The van der Waals surface area contributed by atoms with Crippen LogP contribution in [0.2, 0.25) is 0 Å². The number of piperidine rings is 1. The van der Waals surface area contributed by atoms with Crippen LogP contribution >= 0.6 is 12.4 Å². The molecule has 6 heteroatoms. The molecular weight excluding hydrogens is 308 g/mol. The summed E-state index contributed by atoms with van der Waals surface area (Å²) in [4.78, 5) is 0.413. The summed E-state index contributed by atoms with van der Waals surface area (Å²) in [6.07, 6.45) is 2.81. The van der Waals surface area contributed by atoms with Crippen molar-refractivity contribution in [3.63, 3.8) is 0 Å². The van der Waals surface area contributed by atoms with Crippen LogP contribution in [0.5, 0.6) is 0 Å². The zero-order chi connectivity index (χ0) is 14.9. The zero-order valence-corrected chi connectivity index (χ0v) is 14.5. The maximum atomic E-state index is 12.9. The van der Waals surface area contributed by atoms with Crippen LogP contribution in [0.15, 0.2) is 23.1 Å². The molecule has 2 atom stereocenters. The van der Waals surface area contributed by atoms with Crippen molar-refractivity contribution in [1.82, 2.24) is 4.31 Å². The molecular formula is C15H25ClN2O2S. The van der Waals surface area contributed by atoms with Crippen molar-refractivity contribution in [2.45, 2.75) is 57.0 Å². The van der Waals surface area contributed by atoms with Crippen LogP contribution in [0.3, 0.4) is 0 Å². The number of benzene rings is 1. The second kappa shape index (κ2) is 7.09. The number of rotatable bonds is 3. The number of aryl methyl sites for hydroxylation is 2. The van der Waals surface area contributed by atoms with E-state index >= 15 is 0 Å². The first kappa shape index (κ1) is 18.4. The van der Waals surface area contributed by atoms with Gasteiger partial charge in [-0.05, 0) is 45.2 Å². The Morgan fingerprint density at radius 2 is 1.95 bits per heavy atom. The van der Waals surface area contributed by atoms with Gasteiger partial charge in [0.15, 0.2) is 0 Å². The number of sulfonamides is 1. The summed E-state index contributed by atoms with van der Waals surface area (Å²) in [6, 6.07) is 5.25. The molecule has 0 bridgehead atoms. The van der Waals surface area contributed by atoms with E-state index < -0.39 is 10.0 Å². The highest BCUT2D eigenvalue weighted by Gasteiger charge is 2.35. The Labute approximate surface area is 134 Å². The molecule has 1 saturated heterocycles.